The van der Waals surface area contributed by atoms with Crippen LogP contribution in [0.4, 0.5) is 0 Å². The zero-order valence-electron chi connectivity index (χ0n) is 12.6. The topological polar surface area (TPSA) is 17.8 Å². The predicted octanol–water partition coefficient (Wildman–Crippen LogP) is 4.92. The highest BCUT2D eigenvalue weighted by atomic mass is 79.9. The van der Waals surface area contributed by atoms with Gasteiger partial charge in [-0.2, -0.15) is 5.10 Å². The minimum atomic E-state index is 0.525. The molecule has 0 aliphatic carbocycles. The number of aromatic nitrogens is 2. The van der Waals surface area contributed by atoms with Crippen molar-refractivity contribution >= 4 is 27.5 Å². The third-order valence-corrected chi connectivity index (χ3v) is 5.11. The van der Waals surface area contributed by atoms with Crippen molar-refractivity contribution in [3.05, 3.63) is 52.3 Å². The maximum Gasteiger partial charge on any atom is 0.0849 e. The van der Waals surface area contributed by atoms with E-state index in [2.05, 4.69) is 69.9 Å². The Morgan fingerprint density at radius 1 is 1.19 bits per heavy atom. The Balaban J connectivity index is 2.16. The smallest absolute Gasteiger partial charge is 0.0849 e. The Bertz CT molecular complexity index is 566. The van der Waals surface area contributed by atoms with Crippen molar-refractivity contribution in [3.8, 4) is 0 Å². The lowest BCUT2D eigenvalue weighted by Gasteiger charge is -2.15. The second-order valence-corrected chi connectivity index (χ2v) is 6.32. The normalized spacial score (nSPS) is 12.6. The van der Waals surface area contributed by atoms with Gasteiger partial charge in [0.1, 0.15) is 0 Å². The maximum atomic E-state index is 6.51. The number of rotatable bonds is 7. The first-order valence-electron chi connectivity index (χ1n) is 7.53. The van der Waals surface area contributed by atoms with Crippen molar-refractivity contribution in [2.45, 2.75) is 39.7 Å². The molecule has 2 rings (SSSR count). The lowest BCUT2D eigenvalue weighted by Crippen LogP contribution is -2.14. The molecule has 2 aromatic rings. The molecular formula is C17H22BrClN2. The average Bonchev–Trinajstić information content (AvgIpc) is 2.83. The van der Waals surface area contributed by atoms with Crippen LogP contribution >= 0.6 is 27.5 Å². The molecule has 1 aromatic heterocycles. The van der Waals surface area contributed by atoms with Crippen LogP contribution in [0.15, 0.2) is 30.3 Å². The van der Waals surface area contributed by atoms with Crippen molar-refractivity contribution in [1.29, 1.82) is 0 Å². The minimum Gasteiger partial charge on any atom is -0.268 e. The second kappa shape index (κ2) is 8.00. The van der Waals surface area contributed by atoms with Crippen LogP contribution in [0.1, 0.15) is 30.8 Å². The van der Waals surface area contributed by atoms with E-state index in [1.54, 1.807) is 0 Å². The van der Waals surface area contributed by atoms with E-state index >= 15 is 0 Å². The van der Waals surface area contributed by atoms with Gasteiger partial charge in [-0.3, -0.25) is 4.68 Å². The molecule has 114 valence electrons. The number of hydrogen-bond donors (Lipinski definition) is 0. The summed E-state index contributed by atoms with van der Waals surface area (Å²) in [6.07, 6.45) is 2.90. The average molecular weight is 370 g/mol. The first-order valence-corrected chi connectivity index (χ1v) is 9.03. The fraction of sp³-hybridized carbons (Fsp3) is 0.471. The highest BCUT2D eigenvalue weighted by Gasteiger charge is 2.18. The van der Waals surface area contributed by atoms with E-state index in [4.69, 9.17) is 11.6 Å². The van der Waals surface area contributed by atoms with Gasteiger partial charge >= 0.3 is 0 Å². The largest absolute Gasteiger partial charge is 0.268 e. The Morgan fingerprint density at radius 2 is 1.90 bits per heavy atom. The van der Waals surface area contributed by atoms with Crippen LogP contribution in [-0.2, 0) is 25.8 Å². The van der Waals surface area contributed by atoms with Crippen LogP contribution in [0.5, 0.6) is 0 Å². The number of halogens is 2. The molecule has 1 atom stereocenters. The van der Waals surface area contributed by atoms with Crippen molar-refractivity contribution in [1.82, 2.24) is 9.78 Å². The van der Waals surface area contributed by atoms with E-state index in [0.717, 1.165) is 41.9 Å². The Kier molecular flexibility index (Phi) is 6.31. The minimum absolute atomic E-state index is 0.525. The molecule has 1 aromatic carbocycles. The molecule has 21 heavy (non-hydrogen) atoms. The standard InChI is InChI=1S/C17H22BrClN2/c1-3-15-17(19)16(21(4-2)20-15)11-14(12-18)10-13-8-6-5-7-9-13/h5-9,14H,3-4,10-12H2,1-2H3. The fourth-order valence-corrected chi connectivity index (χ4v) is 3.42. The van der Waals surface area contributed by atoms with Gasteiger partial charge in [-0.15, -0.1) is 0 Å². The van der Waals surface area contributed by atoms with Gasteiger partial charge in [-0.05, 0) is 37.7 Å². The van der Waals surface area contributed by atoms with Crippen molar-refractivity contribution in [2.24, 2.45) is 5.92 Å². The first-order chi connectivity index (χ1) is 10.2. The van der Waals surface area contributed by atoms with Gasteiger partial charge in [0.2, 0.25) is 0 Å². The van der Waals surface area contributed by atoms with Gasteiger partial charge in [0.15, 0.2) is 0 Å². The first kappa shape index (κ1) is 16.6. The van der Waals surface area contributed by atoms with Crippen molar-refractivity contribution in [2.75, 3.05) is 5.33 Å². The molecule has 0 spiro atoms. The number of hydrogen-bond acceptors (Lipinski definition) is 1. The van der Waals surface area contributed by atoms with E-state index in [1.807, 2.05) is 0 Å². The van der Waals surface area contributed by atoms with Gasteiger partial charge in [0, 0.05) is 11.9 Å². The molecule has 0 radical (unpaired) electrons. The third-order valence-electron chi connectivity index (χ3n) is 3.76. The number of nitrogens with zero attached hydrogens (tertiary/aromatic N) is 2. The molecule has 4 heteroatoms. The van der Waals surface area contributed by atoms with Crippen molar-refractivity contribution in [3.63, 3.8) is 0 Å². The molecule has 1 unspecified atom stereocenters. The molecule has 0 saturated heterocycles. The summed E-state index contributed by atoms with van der Waals surface area (Å²) in [5.74, 6) is 0.525. The van der Waals surface area contributed by atoms with Crippen molar-refractivity contribution < 1.29 is 0 Å². The SMILES string of the molecule is CCc1nn(CC)c(CC(CBr)Cc2ccccc2)c1Cl. The van der Waals surface area contributed by atoms with E-state index in [9.17, 15) is 0 Å². The maximum absolute atomic E-state index is 6.51. The molecule has 0 saturated carbocycles. The lowest BCUT2D eigenvalue weighted by molar-refractivity contribution is 0.535. The van der Waals surface area contributed by atoms with Gasteiger partial charge in [0.25, 0.3) is 0 Å². The van der Waals surface area contributed by atoms with E-state index in [-0.39, 0.29) is 0 Å². The quantitative estimate of drug-likeness (QED) is 0.634. The zero-order valence-corrected chi connectivity index (χ0v) is 15.0. The summed E-state index contributed by atoms with van der Waals surface area (Å²) in [5.41, 5.74) is 3.56. The fourth-order valence-electron chi connectivity index (χ4n) is 2.61. The van der Waals surface area contributed by atoms with Crippen LogP contribution in [-0.4, -0.2) is 15.1 Å². The van der Waals surface area contributed by atoms with Crippen LogP contribution in [0.25, 0.3) is 0 Å². The summed E-state index contributed by atoms with van der Waals surface area (Å²) >= 11 is 10.2. The summed E-state index contributed by atoms with van der Waals surface area (Å²) in [5, 5.41) is 6.44. The Morgan fingerprint density at radius 3 is 2.48 bits per heavy atom. The van der Waals surface area contributed by atoms with E-state index < -0.39 is 0 Å². The van der Waals surface area contributed by atoms with Crippen LogP contribution in [0.2, 0.25) is 5.02 Å². The number of benzene rings is 1. The van der Waals surface area contributed by atoms with Gasteiger partial charge in [0.05, 0.1) is 16.4 Å². The molecule has 0 bridgehead atoms. The molecular weight excluding hydrogens is 348 g/mol. The summed E-state index contributed by atoms with van der Waals surface area (Å²) in [6, 6.07) is 10.6. The molecule has 0 amide bonds. The molecule has 0 aliphatic heterocycles. The molecule has 0 fully saturated rings. The Hall–Kier alpha value is -0.800. The second-order valence-electron chi connectivity index (χ2n) is 5.29. The van der Waals surface area contributed by atoms with E-state index in [1.165, 1.54) is 11.3 Å². The summed E-state index contributed by atoms with van der Waals surface area (Å²) in [4.78, 5) is 0. The van der Waals surface area contributed by atoms with Crippen LogP contribution < -0.4 is 0 Å². The predicted molar refractivity (Wildman–Crippen MR) is 93.4 cm³/mol. The lowest BCUT2D eigenvalue weighted by atomic mass is 9.96. The monoisotopic (exact) mass is 368 g/mol. The summed E-state index contributed by atoms with van der Waals surface area (Å²) in [6.45, 7) is 5.09. The highest BCUT2D eigenvalue weighted by Crippen LogP contribution is 2.26. The Labute approximate surface area is 140 Å². The highest BCUT2D eigenvalue weighted by molar-refractivity contribution is 9.09. The van der Waals surface area contributed by atoms with Gasteiger partial charge in [-0.25, -0.2) is 0 Å². The molecule has 2 nitrogen and oxygen atoms in total. The molecule has 0 aliphatic rings. The summed E-state index contributed by atoms with van der Waals surface area (Å²) < 4.78 is 2.06. The number of alkyl halides is 1. The van der Waals surface area contributed by atoms with Crippen LogP contribution in [0, 0.1) is 5.92 Å². The number of aryl methyl sites for hydroxylation is 2. The summed E-state index contributed by atoms with van der Waals surface area (Å²) in [7, 11) is 0. The molecule has 1 heterocycles. The van der Waals surface area contributed by atoms with E-state index in [0.29, 0.717) is 5.92 Å². The molecule has 0 N–H and O–H groups in total. The third kappa shape index (κ3) is 4.10. The van der Waals surface area contributed by atoms with Gasteiger partial charge < -0.3 is 0 Å². The zero-order chi connectivity index (χ0) is 15.2. The van der Waals surface area contributed by atoms with Gasteiger partial charge in [-0.1, -0.05) is 64.8 Å². The van der Waals surface area contributed by atoms with Crippen LogP contribution in [0.3, 0.4) is 0 Å².